The Morgan fingerprint density at radius 2 is 0.652 bits per heavy atom. The van der Waals surface area contributed by atoms with Gasteiger partial charge in [-0.15, -0.1) is 45.3 Å². The van der Waals surface area contributed by atoms with Crippen LogP contribution >= 0.6 is 45.3 Å². The van der Waals surface area contributed by atoms with Crippen LogP contribution in [0.25, 0.3) is 168 Å². The molecule has 0 unspecified atom stereocenters. The molecule has 66 heavy (non-hydrogen) atoms. The van der Waals surface area contributed by atoms with Gasteiger partial charge in [0.1, 0.15) is 0 Å². The second-order valence-corrected chi connectivity index (χ2v) is 22.6. The Balaban J connectivity index is 0.840. The number of rotatable bonds is 1. The number of hydrogen-bond donors (Lipinski definition) is 0. The molecule has 0 radical (unpaired) electrons. The van der Waals surface area contributed by atoms with Gasteiger partial charge in [-0.3, -0.25) is 0 Å². The first-order chi connectivity index (χ1) is 32.7. The molecule has 0 atom stereocenters. The first kappa shape index (κ1) is 34.1. The van der Waals surface area contributed by atoms with Gasteiger partial charge >= 0.3 is 0 Å². The van der Waals surface area contributed by atoms with Crippen molar-refractivity contribution in [1.82, 2.24) is 8.80 Å². The molecule has 10 aromatic carbocycles. The summed E-state index contributed by atoms with van der Waals surface area (Å²) in [5.41, 5.74) is 10.4. The predicted octanol–water partition coefficient (Wildman–Crippen LogP) is 19.1. The minimum atomic E-state index is 1.27. The van der Waals surface area contributed by atoms with Crippen molar-refractivity contribution in [3.63, 3.8) is 0 Å². The third-order valence-electron chi connectivity index (χ3n) is 15.1. The number of aromatic nitrogens is 2. The van der Waals surface area contributed by atoms with Gasteiger partial charge in [0.05, 0.1) is 33.1 Å². The Kier molecular flexibility index (Phi) is 5.96. The average Bonchev–Trinajstić information content (AvgIpc) is 4.24. The van der Waals surface area contributed by atoms with Gasteiger partial charge in [-0.2, -0.15) is 0 Å². The summed E-state index contributed by atoms with van der Waals surface area (Å²) < 4.78 is 15.9. The molecule has 0 spiro atoms. The molecular formula is C60H28N2S4. The highest BCUT2D eigenvalue weighted by Crippen LogP contribution is 2.50. The van der Waals surface area contributed by atoms with E-state index in [2.05, 4.69) is 179 Å². The Morgan fingerprint density at radius 3 is 1.26 bits per heavy atom. The van der Waals surface area contributed by atoms with E-state index in [1.54, 1.807) is 0 Å². The van der Waals surface area contributed by atoms with Crippen LogP contribution in [0.15, 0.2) is 170 Å². The lowest BCUT2D eigenvalue weighted by atomic mass is 9.99. The fourth-order valence-electron chi connectivity index (χ4n) is 12.3. The molecule has 18 rings (SSSR count). The van der Waals surface area contributed by atoms with E-state index in [0.29, 0.717) is 0 Å². The molecule has 0 aliphatic heterocycles. The molecule has 2 nitrogen and oxygen atoms in total. The zero-order valence-corrected chi connectivity index (χ0v) is 38.0. The van der Waals surface area contributed by atoms with Crippen molar-refractivity contribution in [2.24, 2.45) is 0 Å². The minimum absolute atomic E-state index is 1.27. The van der Waals surface area contributed by atoms with Crippen molar-refractivity contribution in [3.8, 4) is 11.1 Å². The van der Waals surface area contributed by atoms with E-state index in [-0.39, 0.29) is 0 Å². The summed E-state index contributed by atoms with van der Waals surface area (Å²) in [6, 6.07) is 65.3. The summed E-state index contributed by atoms with van der Waals surface area (Å²) in [5, 5.41) is 21.4. The molecule has 18 aromatic rings. The summed E-state index contributed by atoms with van der Waals surface area (Å²) in [7, 11) is 0. The van der Waals surface area contributed by atoms with Crippen LogP contribution in [-0.2, 0) is 0 Å². The van der Waals surface area contributed by atoms with Crippen LogP contribution in [-0.4, -0.2) is 8.80 Å². The van der Waals surface area contributed by atoms with Crippen molar-refractivity contribution in [2.75, 3.05) is 0 Å². The summed E-state index contributed by atoms with van der Waals surface area (Å²) in [6.07, 6.45) is 0. The summed E-state index contributed by atoms with van der Waals surface area (Å²) in [4.78, 5) is 0. The largest absolute Gasteiger partial charge is 0.308 e. The molecule has 0 bridgehead atoms. The summed E-state index contributed by atoms with van der Waals surface area (Å²) in [6.45, 7) is 0. The van der Waals surface area contributed by atoms with E-state index in [0.717, 1.165) is 0 Å². The molecule has 8 aromatic heterocycles. The van der Waals surface area contributed by atoms with Crippen LogP contribution in [0.1, 0.15) is 0 Å². The number of thiophene rings is 4. The maximum atomic E-state index is 2.56. The van der Waals surface area contributed by atoms with E-state index >= 15 is 0 Å². The fourth-order valence-corrected chi connectivity index (χ4v) is 17.0. The van der Waals surface area contributed by atoms with Crippen molar-refractivity contribution in [3.05, 3.63) is 170 Å². The van der Waals surface area contributed by atoms with Gasteiger partial charge in [0.15, 0.2) is 0 Å². The highest BCUT2D eigenvalue weighted by Gasteiger charge is 2.23. The van der Waals surface area contributed by atoms with E-state index in [1.807, 2.05) is 45.3 Å². The molecule has 6 heteroatoms. The van der Waals surface area contributed by atoms with E-state index in [1.165, 1.54) is 168 Å². The van der Waals surface area contributed by atoms with Crippen molar-refractivity contribution in [1.29, 1.82) is 0 Å². The van der Waals surface area contributed by atoms with Crippen LogP contribution in [0, 0.1) is 0 Å². The second kappa shape index (κ2) is 11.5. The van der Waals surface area contributed by atoms with Crippen LogP contribution < -0.4 is 0 Å². The molecule has 0 saturated heterocycles. The maximum Gasteiger partial charge on any atom is 0.0620 e. The number of hydrogen-bond acceptors (Lipinski definition) is 4. The normalized spacial score (nSPS) is 13.2. The first-order valence-corrected chi connectivity index (χ1v) is 25.7. The quantitative estimate of drug-likeness (QED) is 0.155. The lowest BCUT2D eigenvalue weighted by molar-refractivity contribution is 1.38. The average molecular weight is 905 g/mol. The molecule has 0 N–H and O–H groups in total. The Bertz CT molecular complexity index is 5240. The smallest absolute Gasteiger partial charge is 0.0620 e. The Hall–Kier alpha value is -7.32. The first-order valence-electron chi connectivity index (χ1n) is 22.5. The third kappa shape index (κ3) is 4.00. The van der Waals surface area contributed by atoms with Crippen LogP contribution in [0.3, 0.4) is 0 Å². The Labute approximate surface area is 389 Å². The third-order valence-corrected chi connectivity index (χ3v) is 19.7. The SMILES string of the molecule is c1ccc2c(c1)sc1cc3c(cc12)c1cccc2c4cc5c(cc4n3c12)sc1ccc(-c2cccc3c2sc2cc4c6cccc7c8cc9sc%10ccccc%10c9cc8n(c4cc23)c76)cc15. The van der Waals surface area contributed by atoms with E-state index in [4.69, 9.17) is 0 Å². The number of fused-ring (bicyclic) bond motifs is 24. The van der Waals surface area contributed by atoms with Gasteiger partial charge in [0, 0.05) is 124 Å². The van der Waals surface area contributed by atoms with Crippen molar-refractivity contribution < 1.29 is 0 Å². The molecule has 0 aliphatic carbocycles. The standard InChI is InChI=1S/C60H28N2S4/c1-3-16-51-31(8-1)43-21-38-33-11-6-12-34-39-22-44-42-20-29(18-19-53(42)65-57(44)28-50(39)62(58(33)34)49(38)27-56(43)64-51)30-10-5-15-37-46-24-48-41(26-55(46)66-60(30)37)36-14-7-13-35-40-25-54-45(23-47(40)61(48)59(35)36)32-9-2-4-17-52(32)63-54/h1-28H. The molecule has 302 valence electrons. The van der Waals surface area contributed by atoms with Gasteiger partial charge in [0.25, 0.3) is 0 Å². The van der Waals surface area contributed by atoms with Gasteiger partial charge in [-0.25, -0.2) is 0 Å². The molecule has 8 heterocycles. The zero-order valence-electron chi connectivity index (χ0n) is 34.7. The highest BCUT2D eigenvalue weighted by atomic mass is 32.1. The van der Waals surface area contributed by atoms with Gasteiger partial charge in [0.2, 0.25) is 0 Å². The molecule has 0 fully saturated rings. The second-order valence-electron chi connectivity index (χ2n) is 18.3. The predicted molar refractivity (Wildman–Crippen MR) is 293 cm³/mol. The summed E-state index contributed by atoms with van der Waals surface area (Å²) >= 11 is 7.66. The lowest BCUT2D eigenvalue weighted by Crippen LogP contribution is -1.81. The molecule has 0 saturated carbocycles. The fraction of sp³-hybridized carbons (Fsp3) is 0. The summed E-state index contributed by atoms with van der Waals surface area (Å²) in [5.74, 6) is 0. The lowest BCUT2D eigenvalue weighted by Gasteiger charge is -2.05. The number of nitrogens with zero attached hydrogens (tertiary/aromatic N) is 2. The van der Waals surface area contributed by atoms with Gasteiger partial charge in [-0.05, 0) is 83.9 Å². The van der Waals surface area contributed by atoms with Crippen molar-refractivity contribution >= 4 is 202 Å². The highest BCUT2D eigenvalue weighted by molar-refractivity contribution is 7.27. The maximum absolute atomic E-state index is 2.56. The van der Waals surface area contributed by atoms with Crippen molar-refractivity contribution in [2.45, 2.75) is 0 Å². The minimum Gasteiger partial charge on any atom is -0.308 e. The molecule has 0 aliphatic rings. The van der Waals surface area contributed by atoms with E-state index < -0.39 is 0 Å². The van der Waals surface area contributed by atoms with E-state index in [9.17, 15) is 0 Å². The molecule has 0 amide bonds. The monoisotopic (exact) mass is 904 g/mol. The van der Waals surface area contributed by atoms with Gasteiger partial charge in [-0.1, -0.05) is 97.1 Å². The van der Waals surface area contributed by atoms with Crippen LogP contribution in [0.5, 0.6) is 0 Å². The number of benzene rings is 10. The molecular weight excluding hydrogens is 877 g/mol. The van der Waals surface area contributed by atoms with Gasteiger partial charge < -0.3 is 8.80 Å². The Morgan fingerprint density at radius 1 is 0.242 bits per heavy atom. The topological polar surface area (TPSA) is 8.82 Å². The number of para-hydroxylation sites is 2. The van der Waals surface area contributed by atoms with Crippen LogP contribution in [0.4, 0.5) is 0 Å². The zero-order chi connectivity index (χ0) is 42.3. The van der Waals surface area contributed by atoms with Crippen LogP contribution in [0.2, 0.25) is 0 Å².